The molecule has 0 bridgehead atoms. The number of carbonyl (C=O) groups excluding carboxylic acids is 3. The van der Waals surface area contributed by atoms with E-state index in [1.165, 1.54) is 4.90 Å². The van der Waals surface area contributed by atoms with Gasteiger partial charge < -0.3 is 15.3 Å². The Bertz CT molecular complexity index is 774. The van der Waals surface area contributed by atoms with Crippen molar-refractivity contribution in [3.8, 4) is 0 Å². The summed E-state index contributed by atoms with van der Waals surface area (Å²) < 4.78 is 0. The van der Waals surface area contributed by atoms with E-state index in [1.54, 1.807) is 12.1 Å². The van der Waals surface area contributed by atoms with Crippen LogP contribution in [0.3, 0.4) is 0 Å². The van der Waals surface area contributed by atoms with Gasteiger partial charge in [-0.3, -0.25) is 14.4 Å². The number of hydrogen-bond donors (Lipinski definition) is 2. The maximum atomic E-state index is 13.0. The second-order valence-corrected chi connectivity index (χ2v) is 7.19. The summed E-state index contributed by atoms with van der Waals surface area (Å²) in [4.78, 5) is 51.1. The number of hydrogen-bond acceptors (Lipinski definition) is 4. The van der Waals surface area contributed by atoms with Crippen LogP contribution in [0.2, 0.25) is 0 Å². The number of anilines is 1. The zero-order chi connectivity index (χ0) is 19.7. The Kier molecular flexibility index (Phi) is 5.16. The van der Waals surface area contributed by atoms with Gasteiger partial charge in [0.25, 0.3) is 5.91 Å². The third-order valence-corrected chi connectivity index (χ3v) is 5.07. The number of nitrogens with zero attached hydrogens (tertiary/aromatic N) is 2. The molecule has 8 nitrogen and oxygen atoms in total. The molecule has 0 saturated carbocycles. The SMILES string of the molecule is CC(C)c1ccc(N2C(=O)NC3CCN(C(=O)CCC(=O)O)C3C2=O)cc1. The minimum atomic E-state index is -1.06. The van der Waals surface area contributed by atoms with Crippen LogP contribution in [0.15, 0.2) is 24.3 Å². The van der Waals surface area contributed by atoms with Crippen LogP contribution in [0.5, 0.6) is 0 Å². The predicted molar refractivity (Wildman–Crippen MR) is 97.3 cm³/mol. The number of likely N-dealkylation sites (tertiary alicyclic amines) is 1. The highest BCUT2D eigenvalue weighted by molar-refractivity contribution is 6.19. The lowest BCUT2D eigenvalue weighted by Gasteiger charge is -2.37. The van der Waals surface area contributed by atoms with E-state index in [0.717, 1.165) is 10.5 Å². The van der Waals surface area contributed by atoms with Crippen LogP contribution < -0.4 is 10.2 Å². The van der Waals surface area contributed by atoms with E-state index in [2.05, 4.69) is 19.2 Å². The summed E-state index contributed by atoms with van der Waals surface area (Å²) in [5.41, 5.74) is 1.54. The van der Waals surface area contributed by atoms with Crippen molar-refractivity contribution in [2.45, 2.75) is 51.1 Å². The van der Waals surface area contributed by atoms with E-state index in [0.29, 0.717) is 24.6 Å². The number of aliphatic carboxylic acids is 1. The minimum absolute atomic E-state index is 0.164. The molecule has 2 atom stereocenters. The maximum absolute atomic E-state index is 13.0. The standard InChI is InChI=1S/C19H23N3O5/c1-11(2)12-3-5-13(6-4-12)22-18(26)17-14(20-19(22)27)9-10-21(17)15(23)7-8-16(24)25/h3-6,11,14,17H,7-10H2,1-2H3,(H,20,27)(H,24,25). The van der Waals surface area contributed by atoms with Gasteiger partial charge in [-0.05, 0) is 30.0 Å². The molecule has 2 heterocycles. The van der Waals surface area contributed by atoms with E-state index < -0.39 is 30.0 Å². The quantitative estimate of drug-likeness (QED) is 0.817. The number of carboxylic acid groups (broad SMARTS) is 1. The Balaban J connectivity index is 1.82. The number of carbonyl (C=O) groups is 4. The summed E-state index contributed by atoms with van der Waals surface area (Å²) in [6, 6.07) is 5.45. The molecule has 1 aromatic rings. The van der Waals surface area contributed by atoms with Crippen LogP contribution in [-0.4, -0.2) is 52.4 Å². The third kappa shape index (κ3) is 3.65. The molecule has 2 N–H and O–H groups in total. The number of benzene rings is 1. The van der Waals surface area contributed by atoms with E-state index >= 15 is 0 Å². The molecule has 2 aliphatic rings. The van der Waals surface area contributed by atoms with Crippen molar-refractivity contribution in [1.29, 1.82) is 0 Å². The highest BCUT2D eigenvalue weighted by atomic mass is 16.4. The van der Waals surface area contributed by atoms with Gasteiger partial charge in [0.1, 0.15) is 6.04 Å². The highest BCUT2D eigenvalue weighted by Crippen LogP contribution is 2.29. The molecule has 2 saturated heterocycles. The van der Waals surface area contributed by atoms with Crippen molar-refractivity contribution in [3.05, 3.63) is 29.8 Å². The number of carboxylic acids is 1. The summed E-state index contributed by atoms with van der Waals surface area (Å²) in [7, 11) is 0. The van der Waals surface area contributed by atoms with Gasteiger partial charge in [-0.1, -0.05) is 26.0 Å². The fraction of sp³-hybridized carbons (Fsp3) is 0.474. The molecule has 2 aliphatic heterocycles. The number of rotatable bonds is 5. The first-order valence-corrected chi connectivity index (χ1v) is 9.05. The van der Waals surface area contributed by atoms with Crippen molar-refractivity contribution >= 4 is 29.5 Å². The molecule has 144 valence electrons. The Morgan fingerprint density at radius 2 is 1.85 bits per heavy atom. The second kappa shape index (κ2) is 7.38. The lowest BCUT2D eigenvalue weighted by molar-refractivity contribution is -0.142. The van der Waals surface area contributed by atoms with Crippen molar-refractivity contribution in [1.82, 2.24) is 10.2 Å². The van der Waals surface area contributed by atoms with Gasteiger partial charge >= 0.3 is 12.0 Å². The van der Waals surface area contributed by atoms with Crippen LogP contribution in [0.1, 0.15) is 44.6 Å². The Morgan fingerprint density at radius 1 is 1.19 bits per heavy atom. The molecule has 27 heavy (non-hydrogen) atoms. The zero-order valence-electron chi connectivity index (χ0n) is 15.3. The smallest absolute Gasteiger partial charge is 0.329 e. The van der Waals surface area contributed by atoms with Gasteiger partial charge in [-0.25, -0.2) is 9.69 Å². The van der Waals surface area contributed by atoms with Crippen molar-refractivity contribution in [2.75, 3.05) is 11.4 Å². The third-order valence-electron chi connectivity index (χ3n) is 5.07. The summed E-state index contributed by atoms with van der Waals surface area (Å²) in [5, 5.41) is 11.6. The molecule has 8 heteroatoms. The monoisotopic (exact) mass is 373 g/mol. The Hall–Kier alpha value is -2.90. The fourth-order valence-corrected chi connectivity index (χ4v) is 3.59. The topological polar surface area (TPSA) is 107 Å². The summed E-state index contributed by atoms with van der Waals surface area (Å²) in [6.45, 7) is 4.43. The fourth-order valence-electron chi connectivity index (χ4n) is 3.59. The van der Waals surface area contributed by atoms with Gasteiger partial charge in [0.05, 0.1) is 18.2 Å². The first-order chi connectivity index (χ1) is 12.8. The van der Waals surface area contributed by atoms with E-state index in [9.17, 15) is 19.2 Å². The molecule has 4 amide bonds. The van der Waals surface area contributed by atoms with Crippen LogP contribution >= 0.6 is 0 Å². The number of urea groups is 1. The Morgan fingerprint density at radius 3 is 2.44 bits per heavy atom. The van der Waals surface area contributed by atoms with Crippen molar-refractivity contribution in [2.24, 2.45) is 0 Å². The number of imide groups is 1. The molecule has 0 spiro atoms. The summed E-state index contributed by atoms with van der Waals surface area (Å²) in [5.74, 6) is -1.58. The predicted octanol–water partition coefficient (Wildman–Crippen LogP) is 1.70. The van der Waals surface area contributed by atoms with Gasteiger partial charge in [0.15, 0.2) is 0 Å². The normalized spacial score (nSPS) is 22.0. The molecule has 0 aliphatic carbocycles. The number of nitrogens with one attached hydrogen (secondary N) is 1. The lowest BCUT2D eigenvalue weighted by Crippen LogP contribution is -2.65. The summed E-state index contributed by atoms with van der Waals surface area (Å²) in [6.07, 6.45) is 0.0254. The van der Waals surface area contributed by atoms with Gasteiger partial charge in [0.2, 0.25) is 5.91 Å². The molecule has 0 radical (unpaired) electrons. The first kappa shape index (κ1) is 18.9. The largest absolute Gasteiger partial charge is 0.481 e. The maximum Gasteiger partial charge on any atom is 0.329 e. The van der Waals surface area contributed by atoms with Crippen molar-refractivity contribution in [3.63, 3.8) is 0 Å². The number of amides is 4. The van der Waals surface area contributed by atoms with Crippen LogP contribution in [-0.2, 0) is 14.4 Å². The average Bonchev–Trinajstić information content (AvgIpc) is 3.04. The first-order valence-electron chi connectivity index (χ1n) is 9.05. The molecule has 2 unspecified atom stereocenters. The Labute approximate surface area is 157 Å². The highest BCUT2D eigenvalue weighted by Gasteiger charge is 2.49. The second-order valence-electron chi connectivity index (χ2n) is 7.19. The molecule has 3 rings (SSSR count). The molecular weight excluding hydrogens is 350 g/mol. The zero-order valence-corrected chi connectivity index (χ0v) is 15.3. The van der Waals surface area contributed by atoms with E-state index in [4.69, 9.17) is 5.11 Å². The van der Waals surface area contributed by atoms with E-state index in [1.807, 2.05) is 12.1 Å². The van der Waals surface area contributed by atoms with Crippen LogP contribution in [0.4, 0.5) is 10.5 Å². The van der Waals surface area contributed by atoms with E-state index in [-0.39, 0.29) is 18.7 Å². The summed E-state index contributed by atoms with van der Waals surface area (Å²) >= 11 is 0. The lowest BCUT2D eigenvalue weighted by atomic mass is 10.0. The molecule has 2 fully saturated rings. The number of fused-ring (bicyclic) bond motifs is 1. The average molecular weight is 373 g/mol. The molecule has 0 aromatic heterocycles. The van der Waals surface area contributed by atoms with Crippen molar-refractivity contribution < 1.29 is 24.3 Å². The van der Waals surface area contributed by atoms with Gasteiger partial charge in [-0.15, -0.1) is 0 Å². The van der Waals surface area contributed by atoms with Crippen LogP contribution in [0.25, 0.3) is 0 Å². The minimum Gasteiger partial charge on any atom is -0.481 e. The molecular formula is C19H23N3O5. The van der Waals surface area contributed by atoms with Crippen LogP contribution in [0, 0.1) is 0 Å². The molecule has 1 aromatic carbocycles. The van der Waals surface area contributed by atoms with Gasteiger partial charge in [-0.2, -0.15) is 0 Å². The van der Waals surface area contributed by atoms with Gasteiger partial charge in [0, 0.05) is 13.0 Å².